The van der Waals surface area contributed by atoms with Crippen LogP contribution in [0.2, 0.25) is 0 Å². The average molecular weight is 304 g/mol. The normalized spacial score (nSPS) is 22.2. The van der Waals surface area contributed by atoms with Gasteiger partial charge in [-0.1, -0.05) is 33.6 Å². The van der Waals surface area contributed by atoms with Crippen LogP contribution in [0.3, 0.4) is 0 Å². The molecular weight excluding hydrogens is 276 g/mol. The Bertz CT molecular complexity index is 504. The third-order valence-electron chi connectivity index (χ3n) is 4.54. The van der Waals surface area contributed by atoms with E-state index in [9.17, 15) is 4.79 Å². The van der Waals surface area contributed by atoms with Crippen molar-refractivity contribution in [3.05, 3.63) is 17.8 Å². The predicted molar refractivity (Wildman–Crippen MR) is 89.0 cm³/mol. The maximum absolute atomic E-state index is 12.4. The summed E-state index contributed by atoms with van der Waals surface area (Å²) >= 11 is 0. The number of nitrogens with one attached hydrogen (secondary N) is 1. The van der Waals surface area contributed by atoms with Crippen molar-refractivity contribution < 1.29 is 4.79 Å². The summed E-state index contributed by atoms with van der Waals surface area (Å²) in [5.41, 5.74) is 0.600. The van der Waals surface area contributed by atoms with E-state index in [1.54, 1.807) is 6.07 Å². The van der Waals surface area contributed by atoms with E-state index in [1.807, 2.05) is 25.1 Å². The first-order valence-corrected chi connectivity index (χ1v) is 8.11. The fourth-order valence-corrected chi connectivity index (χ4v) is 3.27. The molecule has 2 unspecified atom stereocenters. The van der Waals surface area contributed by atoms with Crippen molar-refractivity contribution in [3.63, 3.8) is 0 Å². The largest absolute Gasteiger partial charge is 0.361 e. The van der Waals surface area contributed by atoms with Crippen LogP contribution in [0.5, 0.6) is 0 Å². The van der Waals surface area contributed by atoms with Crippen LogP contribution < -0.4 is 10.2 Å². The summed E-state index contributed by atoms with van der Waals surface area (Å²) in [6.07, 6.45) is 4.67. The molecule has 2 atom stereocenters. The molecular formula is C17H28N4O. The van der Waals surface area contributed by atoms with Crippen LogP contribution in [0.1, 0.15) is 56.9 Å². The molecule has 1 aliphatic rings. The zero-order valence-electron chi connectivity index (χ0n) is 14.4. The Balaban J connectivity index is 2.06. The standard InChI is InChI=1S/C17H28N4O/c1-17(2,3)12-8-6-7-9-13(12)18-16(22)14-10-11-15(20-19-14)21(4)5/h10-13H,6-9H2,1-5H3,(H,18,22). The lowest BCUT2D eigenvalue weighted by Crippen LogP contribution is -2.46. The number of rotatable bonds is 3. The molecule has 0 saturated heterocycles. The zero-order chi connectivity index (χ0) is 16.3. The van der Waals surface area contributed by atoms with E-state index in [0.717, 1.165) is 12.2 Å². The molecule has 1 saturated carbocycles. The van der Waals surface area contributed by atoms with Crippen molar-refractivity contribution in [2.24, 2.45) is 11.3 Å². The maximum atomic E-state index is 12.4. The Morgan fingerprint density at radius 1 is 1.18 bits per heavy atom. The number of hydrogen-bond acceptors (Lipinski definition) is 4. The van der Waals surface area contributed by atoms with Crippen LogP contribution in [-0.4, -0.2) is 36.2 Å². The summed E-state index contributed by atoms with van der Waals surface area (Å²) in [5.74, 6) is 1.15. The van der Waals surface area contributed by atoms with Crippen molar-refractivity contribution in [3.8, 4) is 0 Å². The molecule has 0 radical (unpaired) electrons. The second-order valence-electron chi connectivity index (χ2n) is 7.51. The topological polar surface area (TPSA) is 58.1 Å². The van der Waals surface area contributed by atoms with E-state index < -0.39 is 0 Å². The Morgan fingerprint density at radius 2 is 1.86 bits per heavy atom. The Labute approximate surface area is 133 Å². The van der Waals surface area contributed by atoms with Gasteiger partial charge in [0.25, 0.3) is 5.91 Å². The molecule has 1 aromatic heterocycles. The molecule has 0 aliphatic heterocycles. The van der Waals surface area contributed by atoms with Crippen LogP contribution in [0, 0.1) is 11.3 Å². The van der Waals surface area contributed by atoms with Crippen molar-refractivity contribution in [1.29, 1.82) is 0 Å². The van der Waals surface area contributed by atoms with Gasteiger partial charge in [-0.2, -0.15) is 0 Å². The molecule has 1 amide bonds. The first kappa shape index (κ1) is 16.7. The van der Waals surface area contributed by atoms with E-state index >= 15 is 0 Å². The smallest absolute Gasteiger partial charge is 0.272 e. The van der Waals surface area contributed by atoms with Gasteiger partial charge in [0.05, 0.1) is 0 Å². The number of aromatic nitrogens is 2. The third-order valence-corrected chi connectivity index (χ3v) is 4.54. The first-order chi connectivity index (χ1) is 10.3. The van der Waals surface area contributed by atoms with E-state index in [0.29, 0.717) is 11.6 Å². The predicted octanol–water partition coefficient (Wildman–Crippen LogP) is 2.88. The highest BCUT2D eigenvalue weighted by Crippen LogP contribution is 2.38. The van der Waals surface area contributed by atoms with Crippen LogP contribution in [-0.2, 0) is 0 Å². The molecule has 0 bridgehead atoms. The number of amides is 1. The van der Waals surface area contributed by atoms with Gasteiger partial charge >= 0.3 is 0 Å². The second-order valence-corrected chi connectivity index (χ2v) is 7.51. The van der Waals surface area contributed by atoms with Crippen LogP contribution in [0.25, 0.3) is 0 Å². The SMILES string of the molecule is CN(C)c1ccc(C(=O)NC2CCCCC2C(C)(C)C)nn1. The minimum absolute atomic E-state index is 0.112. The summed E-state index contributed by atoms with van der Waals surface area (Å²) in [5, 5.41) is 11.3. The van der Waals surface area contributed by atoms with Crippen LogP contribution in [0.15, 0.2) is 12.1 Å². The van der Waals surface area contributed by atoms with Crippen LogP contribution in [0.4, 0.5) is 5.82 Å². The molecule has 0 spiro atoms. The Kier molecular flexibility index (Phi) is 5.04. The minimum atomic E-state index is -0.112. The molecule has 22 heavy (non-hydrogen) atoms. The van der Waals surface area contributed by atoms with Gasteiger partial charge in [-0.25, -0.2) is 0 Å². The molecule has 1 aromatic rings. The van der Waals surface area contributed by atoms with Gasteiger partial charge in [0.1, 0.15) is 0 Å². The maximum Gasteiger partial charge on any atom is 0.272 e. The van der Waals surface area contributed by atoms with Gasteiger partial charge in [0.2, 0.25) is 0 Å². The molecule has 1 N–H and O–H groups in total. The van der Waals surface area contributed by atoms with Gasteiger partial charge < -0.3 is 10.2 Å². The lowest BCUT2D eigenvalue weighted by Gasteiger charge is -2.40. The van der Waals surface area contributed by atoms with Gasteiger partial charge in [0.15, 0.2) is 11.5 Å². The molecule has 1 fully saturated rings. The molecule has 122 valence electrons. The minimum Gasteiger partial charge on any atom is -0.361 e. The molecule has 5 heteroatoms. The summed E-state index contributed by atoms with van der Waals surface area (Å²) in [6.45, 7) is 6.77. The van der Waals surface area contributed by atoms with Gasteiger partial charge in [0, 0.05) is 20.1 Å². The first-order valence-electron chi connectivity index (χ1n) is 8.11. The fraction of sp³-hybridized carbons (Fsp3) is 0.706. The number of carbonyl (C=O) groups excluding carboxylic acids is 1. The second kappa shape index (κ2) is 6.63. The van der Waals surface area contributed by atoms with E-state index in [-0.39, 0.29) is 17.4 Å². The number of carbonyl (C=O) groups is 1. The molecule has 2 rings (SSSR count). The Morgan fingerprint density at radius 3 is 2.41 bits per heavy atom. The van der Waals surface area contributed by atoms with Crippen LogP contribution >= 0.6 is 0 Å². The summed E-state index contributed by atoms with van der Waals surface area (Å²) in [4.78, 5) is 14.3. The highest BCUT2D eigenvalue weighted by Gasteiger charge is 2.35. The molecule has 5 nitrogen and oxygen atoms in total. The molecule has 0 aromatic carbocycles. The fourth-order valence-electron chi connectivity index (χ4n) is 3.27. The number of nitrogens with zero attached hydrogens (tertiary/aromatic N) is 3. The quantitative estimate of drug-likeness (QED) is 0.933. The molecule has 1 aliphatic carbocycles. The van der Waals surface area contributed by atoms with Crippen molar-refractivity contribution >= 4 is 11.7 Å². The highest BCUT2D eigenvalue weighted by atomic mass is 16.2. The Hall–Kier alpha value is -1.65. The lowest BCUT2D eigenvalue weighted by atomic mass is 9.69. The summed E-state index contributed by atoms with van der Waals surface area (Å²) in [7, 11) is 3.80. The van der Waals surface area contributed by atoms with Crippen molar-refractivity contribution in [2.45, 2.75) is 52.5 Å². The van der Waals surface area contributed by atoms with Crippen molar-refractivity contribution in [1.82, 2.24) is 15.5 Å². The number of anilines is 1. The van der Waals surface area contributed by atoms with E-state index in [2.05, 4.69) is 36.3 Å². The highest BCUT2D eigenvalue weighted by molar-refractivity contribution is 5.92. The lowest BCUT2D eigenvalue weighted by molar-refractivity contribution is 0.0824. The average Bonchev–Trinajstić information content (AvgIpc) is 2.46. The van der Waals surface area contributed by atoms with Gasteiger partial charge in [-0.15, -0.1) is 10.2 Å². The van der Waals surface area contributed by atoms with Gasteiger partial charge in [-0.3, -0.25) is 4.79 Å². The zero-order valence-corrected chi connectivity index (χ0v) is 14.4. The molecule has 1 heterocycles. The van der Waals surface area contributed by atoms with E-state index in [1.165, 1.54) is 19.3 Å². The summed E-state index contributed by atoms with van der Waals surface area (Å²) in [6, 6.07) is 3.80. The third kappa shape index (κ3) is 3.96. The summed E-state index contributed by atoms with van der Waals surface area (Å²) < 4.78 is 0. The number of hydrogen-bond donors (Lipinski definition) is 1. The van der Waals surface area contributed by atoms with Gasteiger partial charge in [-0.05, 0) is 36.3 Å². The monoisotopic (exact) mass is 304 g/mol. The van der Waals surface area contributed by atoms with E-state index in [4.69, 9.17) is 0 Å². The van der Waals surface area contributed by atoms with Crippen molar-refractivity contribution in [2.75, 3.05) is 19.0 Å².